The first kappa shape index (κ1) is 46.5. The van der Waals surface area contributed by atoms with Gasteiger partial charge in [-0.15, -0.1) is 0 Å². The van der Waals surface area contributed by atoms with Crippen LogP contribution < -0.4 is 20.7 Å². The molecule has 0 atom stereocenters. The van der Waals surface area contributed by atoms with Crippen molar-refractivity contribution in [3.05, 3.63) is 138 Å². The van der Waals surface area contributed by atoms with E-state index in [1.807, 2.05) is 49.3 Å². The molecular formula is C44H60N8O6S. The number of nitrogens with zero attached hydrogens (tertiary/aromatic N) is 4. The normalized spacial score (nSPS) is 11.8. The molecule has 5 aromatic rings. The molecule has 0 radical (unpaired) electrons. The summed E-state index contributed by atoms with van der Waals surface area (Å²) < 4.78 is 42.3. The molecule has 2 heterocycles. The number of carbonyl (C=O) groups is 2. The zero-order chi connectivity index (χ0) is 42.7. The zero-order valence-corrected chi connectivity index (χ0v) is 35.9. The number of hydrogen-bond acceptors (Lipinski definition) is 10. The number of aromatic nitrogens is 4. The second kappa shape index (κ2) is 22.8. The predicted octanol–water partition coefficient (Wildman–Crippen LogP) is 5.32. The van der Waals surface area contributed by atoms with E-state index in [-0.39, 0.29) is 34.4 Å². The molecular weight excluding hydrogens is 769 g/mol. The number of benzene rings is 3. The summed E-state index contributed by atoms with van der Waals surface area (Å²) in [7, 11) is -0.728. The maximum Gasteiger partial charge on any atom is 0.337 e. The van der Waals surface area contributed by atoms with Gasteiger partial charge in [0.25, 0.3) is 5.91 Å². The quantitative estimate of drug-likeness (QED) is 0.0529. The summed E-state index contributed by atoms with van der Waals surface area (Å²) in [4.78, 5) is 31.2. The van der Waals surface area contributed by atoms with Crippen molar-refractivity contribution in [3.8, 4) is 0 Å². The van der Waals surface area contributed by atoms with E-state index in [0.29, 0.717) is 30.8 Å². The Balaban J connectivity index is 0.000000273. The van der Waals surface area contributed by atoms with Crippen molar-refractivity contribution in [2.45, 2.75) is 82.6 Å². The molecule has 0 fully saturated rings. The molecule has 5 rings (SSSR count). The van der Waals surface area contributed by atoms with Gasteiger partial charge in [-0.25, -0.2) is 27.9 Å². The van der Waals surface area contributed by atoms with Crippen molar-refractivity contribution < 1.29 is 27.5 Å². The molecule has 3 aromatic carbocycles. The molecule has 0 saturated carbocycles. The van der Waals surface area contributed by atoms with Crippen LogP contribution in [0.15, 0.2) is 115 Å². The number of rotatable bonds is 22. The summed E-state index contributed by atoms with van der Waals surface area (Å²) in [5, 5.41) is 9.63. The van der Waals surface area contributed by atoms with Gasteiger partial charge in [0.05, 0.1) is 43.4 Å². The highest BCUT2D eigenvalue weighted by molar-refractivity contribution is 7.89. The Hall–Kier alpha value is -5.19. The number of sulfonamides is 1. The van der Waals surface area contributed by atoms with Crippen LogP contribution >= 0.6 is 0 Å². The van der Waals surface area contributed by atoms with Gasteiger partial charge in [0, 0.05) is 68.1 Å². The van der Waals surface area contributed by atoms with Gasteiger partial charge in [-0.05, 0) is 113 Å². The number of amides is 1. The van der Waals surface area contributed by atoms with Crippen LogP contribution in [0.4, 0.5) is 0 Å². The Bertz CT molecular complexity index is 2090. The van der Waals surface area contributed by atoms with Gasteiger partial charge in [-0.1, -0.05) is 36.4 Å². The molecule has 2 aromatic heterocycles. The molecule has 318 valence electrons. The van der Waals surface area contributed by atoms with Crippen molar-refractivity contribution in [1.82, 2.24) is 39.8 Å². The van der Waals surface area contributed by atoms with E-state index in [4.69, 9.17) is 4.74 Å². The fraction of sp³-hybridized carbons (Fsp3) is 0.409. The zero-order valence-electron chi connectivity index (χ0n) is 35.1. The van der Waals surface area contributed by atoms with Crippen molar-refractivity contribution in [2.75, 3.05) is 40.4 Å². The van der Waals surface area contributed by atoms with Crippen LogP contribution in [0, 0.1) is 0 Å². The first-order chi connectivity index (χ1) is 28.2. The Labute approximate surface area is 349 Å². The Morgan fingerprint density at radius 1 is 0.729 bits per heavy atom. The smallest absolute Gasteiger partial charge is 0.337 e. The van der Waals surface area contributed by atoms with Gasteiger partial charge in [0.2, 0.25) is 10.0 Å². The lowest BCUT2D eigenvalue weighted by Gasteiger charge is -2.27. The Kier molecular flexibility index (Phi) is 18.0. The predicted molar refractivity (Wildman–Crippen MR) is 229 cm³/mol. The average Bonchev–Trinajstić information content (AvgIpc) is 3.97. The topological polar surface area (TPSA) is 170 Å². The number of methoxy groups -OCH3 is 1. The second-order valence-corrected chi connectivity index (χ2v) is 17.1. The molecule has 0 saturated heterocycles. The largest absolute Gasteiger partial charge is 0.465 e. The van der Waals surface area contributed by atoms with E-state index in [9.17, 15) is 18.0 Å². The summed E-state index contributed by atoms with van der Waals surface area (Å²) in [5.74, 6) is -0.582. The van der Waals surface area contributed by atoms with Crippen LogP contribution in [0.2, 0.25) is 0 Å². The van der Waals surface area contributed by atoms with Crippen LogP contribution in [0.25, 0.3) is 0 Å². The number of aryl methyl sites for hydroxylation is 2. The summed E-state index contributed by atoms with van der Waals surface area (Å²) in [5.41, 5.74) is 3.96. The third-order valence-electron chi connectivity index (χ3n) is 9.62. The molecule has 0 aliphatic carbocycles. The first-order valence-corrected chi connectivity index (χ1v) is 21.3. The molecule has 14 nitrogen and oxygen atoms in total. The Morgan fingerprint density at radius 3 is 1.83 bits per heavy atom. The lowest BCUT2D eigenvalue weighted by molar-refractivity contribution is 0.0600. The molecule has 0 aliphatic heterocycles. The first-order valence-electron chi connectivity index (χ1n) is 19.8. The second-order valence-electron chi connectivity index (χ2n) is 15.3. The summed E-state index contributed by atoms with van der Waals surface area (Å²) >= 11 is 0. The summed E-state index contributed by atoms with van der Waals surface area (Å²) in [6, 6.07) is 21.4. The number of hydrogen-bond donors (Lipinski definition) is 4. The minimum atomic E-state index is -3.64. The maximum absolute atomic E-state index is 12.5. The number of esters is 1. The van der Waals surface area contributed by atoms with Crippen molar-refractivity contribution >= 4 is 21.9 Å². The minimum absolute atomic E-state index is 0.0963. The fourth-order valence-corrected chi connectivity index (χ4v) is 7.08. The highest BCUT2D eigenvalue weighted by atomic mass is 32.2. The maximum atomic E-state index is 12.5. The summed E-state index contributed by atoms with van der Waals surface area (Å²) in [6.07, 6.45) is 13.8. The Morgan fingerprint density at radius 2 is 1.29 bits per heavy atom. The molecule has 0 aliphatic rings. The van der Waals surface area contributed by atoms with Crippen LogP contribution in [-0.4, -0.2) is 85.3 Å². The molecule has 15 heteroatoms. The van der Waals surface area contributed by atoms with E-state index < -0.39 is 10.0 Å². The van der Waals surface area contributed by atoms with Crippen LogP contribution in [0.5, 0.6) is 0 Å². The minimum Gasteiger partial charge on any atom is -0.465 e. The number of ether oxygens (including phenoxy) is 2. The third-order valence-corrected chi connectivity index (χ3v) is 11.1. The fourth-order valence-electron chi connectivity index (χ4n) is 6.05. The molecule has 4 N–H and O–H groups in total. The van der Waals surface area contributed by atoms with Crippen molar-refractivity contribution in [1.29, 1.82) is 0 Å². The number of carbonyl (C=O) groups excluding carboxylic acids is 2. The number of nitrogens with one attached hydrogen (secondary N) is 4. The SMILES string of the molecule is CNC(=O)c1ccc(S(=O)(=O)NCCc2ccc(C(C)(C)NCCCn3ccnc3)cc2)cc1.COC(=O)c1ccc(COCC(C)(C)NCCCn2ccnc2)cc1. The van der Waals surface area contributed by atoms with Crippen LogP contribution in [0.3, 0.4) is 0 Å². The van der Waals surface area contributed by atoms with Gasteiger partial charge < -0.3 is 34.6 Å². The molecule has 0 spiro atoms. The molecule has 1 amide bonds. The van der Waals surface area contributed by atoms with E-state index in [1.165, 1.54) is 44.0 Å². The monoisotopic (exact) mass is 828 g/mol. The van der Waals surface area contributed by atoms with Gasteiger partial charge in [-0.3, -0.25) is 4.79 Å². The van der Waals surface area contributed by atoms with E-state index >= 15 is 0 Å². The molecule has 0 unspecified atom stereocenters. The molecule has 59 heavy (non-hydrogen) atoms. The number of imidazole rings is 2. The summed E-state index contributed by atoms with van der Waals surface area (Å²) in [6.45, 7) is 13.7. The van der Waals surface area contributed by atoms with Gasteiger partial charge in [0.1, 0.15) is 0 Å². The van der Waals surface area contributed by atoms with E-state index in [2.05, 4.69) is 84.3 Å². The lowest BCUT2D eigenvalue weighted by atomic mass is 9.93. The highest BCUT2D eigenvalue weighted by Crippen LogP contribution is 2.21. The highest BCUT2D eigenvalue weighted by Gasteiger charge is 2.20. The standard InChI is InChI=1S/C25H33N5O3S.C19H27N3O3/c1-25(2,28-14-4-17-30-18-16-27-19-30)22-9-5-20(6-10-22)13-15-29-34(32,33)23-11-7-21(8-12-23)24(31)26-3;1-19(2,21-9-4-11-22-12-10-20-15-22)14-25-13-16-5-7-17(8-6-16)18(23)24-3/h5-12,16,18-19,28-29H,4,13-15,17H2,1-3H3,(H,26,31);5-8,10,12,15,21H,4,9,11,13-14H2,1-3H3. The van der Waals surface area contributed by atoms with E-state index in [1.54, 1.807) is 24.5 Å². The van der Waals surface area contributed by atoms with Crippen LogP contribution in [0.1, 0.15) is 77.9 Å². The molecule has 0 bridgehead atoms. The average molecular weight is 829 g/mol. The van der Waals surface area contributed by atoms with Crippen molar-refractivity contribution in [2.24, 2.45) is 0 Å². The van der Waals surface area contributed by atoms with Gasteiger partial charge >= 0.3 is 5.97 Å². The van der Waals surface area contributed by atoms with Crippen LogP contribution in [-0.2, 0) is 51.2 Å². The van der Waals surface area contributed by atoms with Gasteiger partial charge in [-0.2, -0.15) is 0 Å². The lowest BCUT2D eigenvalue weighted by Crippen LogP contribution is -2.44. The van der Waals surface area contributed by atoms with Gasteiger partial charge in [0.15, 0.2) is 0 Å². The van der Waals surface area contributed by atoms with Crippen molar-refractivity contribution in [3.63, 3.8) is 0 Å². The third kappa shape index (κ3) is 15.8. The van der Waals surface area contributed by atoms with E-state index in [0.717, 1.165) is 50.1 Å².